The largest absolute Gasteiger partial charge is 0.433 e. The zero-order valence-electron chi connectivity index (χ0n) is 15.7. The van der Waals surface area contributed by atoms with Crippen LogP contribution in [0.5, 0.6) is 0 Å². The molecule has 0 radical (unpaired) electrons. The Morgan fingerprint density at radius 1 is 1.21 bits per heavy atom. The van der Waals surface area contributed by atoms with Gasteiger partial charge < -0.3 is 4.57 Å². The second kappa shape index (κ2) is 6.53. The third kappa shape index (κ3) is 3.20. The van der Waals surface area contributed by atoms with E-state index in [0.717, 1.165) is 22.5 Å². The molecule has 0 aliphatic rings. The fourth-order valence-electron chi connectivity index (χ4n) is 3.24. The van der Waals surface area contributed by atoms with Gasteiger partial charge in [0.15, 0.2) is 15.7 Å². The quantitative estimate of drug-likeness (QED) is 0.452. The normalized spacial score (nSPS) is 12.9. The van der Waals surface area contributed by atoms with E-state index in [-0.39, 0.29) is 16.2 Å². The van der Waals surface area contributed by atoms with Gasteiger partial charge in [-0.15, -0.1) is 11.3 Å². The summed E-state index contributed by atoms with van der Waals surface area (Å²) in [6, 6.07) is 6.42. The molecule has 0 amide bonds. The van der Waals surface area contributed by atoms with Gasteiger partial charge in [0.2, 0.25) is 0 Å². The van der Waals surface area contributed by atoms with Crippen molar-refractivity contribution in [1.82, 2.24) is 14.5 Å². The van der Waals surface area contributed by atoms with Crippen molar-refractivity contribution in [3.05, 3.63) is 41.7 Å². The smallest absolute Gasteiger partial charge is 0.325 e. The molecule has 152 valence electrons. The first kappa shape index (κ1) is 19.8. The number of alkyl halides is 3. The van der Waals surface area contributed by atoms with E-state index in [0.29, 0.717) is 21.6 Å². The highest BCUT2D eigenvalue weighted by Gasteiger charge is 2.33. The van der Waals surface area contributed by atoms with Gasteiger partial charge in [0, 0.05) is 17.1 Å². The summed E-state index contributed by atoms with van der Waals surface area (Å²) in [5.74, 6) is 0.204. The highest BCUT2D eigenvalue weighted by atomic mass is 32.2. The Labute approximate surface area is 168 Å². The summed E-state index contributed by atoms with van der Waals surface area (Å²) in [5.41, 5.74) is 0.376. The lowest BCUT2D eigenvalue weighted by Gasteiger charge is -2.06. The van der Waals surface area contributed by atoms with Crippen molar-refractivity contribution in [2.24, 2.45) is 7.05 Å². The Morgan fingerprint density at radius 3 is 2.59 bits per heavy atom. The predicted molar refractivity (Wildman–Crippen MR) is 107 cm³/mol. The molecule has 3 heterocycles. The number of sulfone groups is 1. The van der Waals surface area contributed by atoms with E-state index in [9.17, 15) is 21.6 Å². The summed E-state index contributed by atoms with van der Waals surface area (Å²) in [4.78, 5) is 8.43. The summed E-state index contributed by atoms with van der Waals surface area (Å²) in [7, 11) is -1.96. The second-order valence-corrected chi connectivity index (χ2v) is 9.98. The zero-order valence-corrected chi connectivity index (χ0v) is 17.3. The maximum absolute atomic E-state index is 13.0. The number of benzene rings is 1. The standard InChI is InChI=1S/C19H16F3N3O2S2/c1-4-29(26,27)17-11-7-10(2)5-6-14(11)28-16(17)18-24-12-8-15(19(20,21)22)23-9-13(12)25(18)3/h5-9H,4H2,1-3H3. The van der Waals surface area contributed by atoms with E-state index in [1.807, 2.05) is 25.1 Å². The molecule has 10 heteroatoms. The number of hydrogen-bond donors (Lipinski definition) is 0. The summed E-state index contributed by atoms with van der Waals surface area (Å²) in [5, 5.41) is 0.605. The number of aryl methyl sites for hydroxylation is 2. The molecule has 0 saturated carbocycles. The molecule has 29 heavy (non-hydrogen) atoms. The first-order valence-corrected chi connectivity index (χ1v) is 11.2. The molecule has 0 unspecified atom stereocenters. The van der Waals surface area contributed by atoms with Crippen LogP contribution in [-0.2, 0) is 23.1 Å². The number of pyridine rings is 1. The van der Waals surface area contributed by atoms with E-state index in [1.54, 1.807) is 18.5 Å². The number of hydrogen-bond acceptors (Lipinski definition) is 5. The lowest BCUT2D eigenvalue weighted by atomic mass is 10.2. The Balaban J connectivity index is 2.06. The molecular formula is C19H16F3N3O2S2. The van der Waals surface area contributed by atoms with Crippen LogP contribution >= 0.6 is 11.3 Å². The van der Waals surface area contributed by atoms with Gasteiger partial charge in [-0.2, -0.15) is 13.2 Å². The SMILES string of the molecule is CCS(=O)(=O)c1c(-c2nc3cc(C(F)(F)F)ncc3n2C)sc2ccc(C)cc12. The zero-order chi connectivity index (χ0) is 21.1. The Morgan fingerprint density at radius 2 is 1.93 bits per heavy atom. The first-order valence-electron chi connectivity index (χ1n) is 8.69. The molecule has 0 saturated heterocycles. The second-order valence-electron chi connectivity index (χ2n) is 6.71. The molecule has 5 nitrogen and oxygen atoms in total. The number of imidazole rings is 1. The molecule has 0 aliphatic heterocycles. The third-order valence-corrected chi connectivity index (χ3v) is 7.85. The summed E-state index contributed by atoms with van der Waals surface area (Å²) >= 11 is 1.26. The lowest BCUT2D eigenvalue weighted by Crippen LogP contribution is -2.07. The minimum Gasteiger partial charge on any atom is -0.325 e. The van der Waals surface area contributed by atoms with Crippen LogP contribution in [0, 0.1) is 6.92 Å². The van der Waals surface area contributed by atoms with Gasteiger partial charge >= 0.3 is 6.18 Å². The van der Waals surface area contributed by atoms with E-state index in [1.165, 1.54) is 11.3 Å². The summed E-state index contributed by atoms with van der Waals surface area (Å²) in [6.07, 6.45) is -3.47. The fraction of sp³-hybridized carbons (Fsp3) is 0.263. The van der Waals surface area contributed by atoms with E-state index in [2.05, 4.69) is 9.97 Å². The fourth-order valence-corrected chi connectivity index (χ4v) is 6.08. The number of rotatable bonds is 3. The molecule has 4 aromatic rings. The van der Waals surface area contributed by atoms with Crippen molar-refractivity contribution in [1.29, 1.82) is 0 Å². The van der Waals surface area contributed by atoms with Crippen LogP contribution in [0.1, 0.15) is 18.2 Å². The lowest BCUT2D eigenvalue weighted by molar-refractivity contribution is -0.141. The molecule has 1 aromatic carbocycles. The Hall–Kier alpha value is -2.46. The molecule has 0 atom stereocenters. The van der Waals surface area contributed by atoms with Crippen molar-refractivity contribution in [2.75, 3.05) is 5.75 Å². The van der Waals surface area contributed by atoms with E-state index in [4.69, 9.17) is 0 Å². The van der Waals surface area contributed by atoms with Gasteiger partial charge in [0.25, 0.3) is 0 Å². The molecule has 0 N–H and O–H groups in total. The van der Waals surface area contributed by atoms with E-state index < -0.39 is 21.7 Å². The maximum atomic E-state index is 13.0. The van der Waals surface area contributed by atoms with Gasteiger partial charge in [-0.25, -0.2) is 18.4 Å². The van der Waals surface area contributed by atoms with E-state index >= 15 is 0 Å². The highest BCUT2D eigenvalue weighted by Crippen LogP contribution is 2.42. The molecule has 0 spiro atoms. The molecule has 0 fully saturated rings. The van der Waals surface area contributed by atoms with Crippen LogP contribution in [0.2, 0.25) is 0 Å². The number of aromatic nitrogens is 3. The Bertz CT molecular complexity index is 1370. The maximum Gasteiger partial charge on any atom is 0.433 e. The minimum atomic E-state index is -4.59. The molecular weight excluding hydrogens is 423 g/mol. The van der Waals surface area contributed by atoms with Crippen LogP contribution in [0.4, 0.5) is 13.2 Å². The van der Waals surface area contributed by atoms with Crippen molar-refractivity contribution in [2.45, 2.75) is 24.9 Å². The minimum absolute atomic E-state index is 0.0938. The summed E-state index contributed by atoms with van der Waals surface area (Å²) in [6.45, 7) is 3.44. The molecule has 0 bridgehead atoms. The topological polar surface area (TPSA) is 64.8 Å². The van der Waals surface area contributed by atoms with Crippen LogP contribution < -0.4 is 0 Å². The number of nitrogens with zero attached hydrogens (tertiary/aromatic N) is 3. The number of thiophene rings is 1. The highest BCUT2D eigenvalue weighted by molar-refractivity contribution is 7.92. The van der Waals surface area contributed by atoms with Gasteiger partial charge in [0.1, 0.15) is 5.69 Å². The van der Waals surface area contributed by atoms with Crippen molar-refractivity contribution >= 4 is 42.3 Å². The number of halogens is 3. The van der Waals surface area contributed by atoms with Gasteiger partial charge in [0.05, 0.1) is 32.8 Å². The predicted octanol–water partition coefficient (Wildman–Crippen LogP) is 4.97. The van der Waals surface area contributed by atoms with Crippen molar-refractivity contribution < 1.29 is 21.6 Å². The van der Waals surface area contributed by atoms with Crippen LogP contribution in [-0.4, -0.2) is 28.7 Å². The van der Waals surface area contributed by atoms with Crippen molar-refractivity contribution in [3.8, 4) is 10.7 Å². The molecule has 4 rings (SSSR count). The Kier molecular flexibility index (Phi) is 4.47. The molecule has 0 aliphatic carbocycles. The summed E-state index contributed by atoms with van der Waals surface area (Å²) < 4.78 is 67.2. The van der Waals surface area contributed by atoms with Gasteiger partial charge in [-0.1, -0.05) is 18.6 Å². The van der Waals surface area contributed by atoms with Gasteiger partial charge in [-0.05, 0) is 25.1 Å². The average Bonchev–Trinajstić information content (AvgIpc) is 3.18. The van der Waals surface area contributed by atoms with Crippen LogP contribution in [0.25, 0.3) is 31.8 Å². The van der Waals surface area contributed by atoms with Crippen LogP contribution in [0.15, 0.2) is 35.4 Å². The monoisotopic (exact) mass is 439 g/mol. The first-order chi connectivity index (χ1) is 13.5. The third-order valence-electron chi connectivity index (χ3n) is 4.75. The van der Waals surface area contributed by atoms with Crippen molar-refractivity contribution in [3.63, 3.8) is 0 Å². The molecule has 3 aromatic heterocycles. The number of fused-ring (bicyclic) bond motifs is 2. The average molecular weight is 439 g/mol. The van der Waals surface area contributed by atoms with Crippen LogP contribution in [0.3, 0.4) is 0 Å². The van der Waals surface area contributed by atoms with Gasteiger partial charge in [-0.3, -0.25) is 0 Å².